The SMILES string of the molecule is COCc1cc(NCc2cccnc2Oc2cccc(C(F)(F)F)c2)ncn1. The average Bonchev–Trinajstić information content (AvgIpc) is 2.67. The maximum atomic E-state index is 12.9. The Morgan fingerprint density at radius 3 is 2.68 bits per heavy atom. The van der Waals surface area contributed by atoms with Gasteiger partial charge in [-0.05, 0) is 24.3 Å². The summed E-state index contributed by atoms with van der Waals surface area (Å²) in [5.74, 6) is 0.843. The zero-order chi connectivity index (χ0) is 20.0. The normalized spacial score (nSPS) is 11.3. The first-order chi connectivity index (χ1) is 13.5. The minimum atomic E-state index is -4.44. The predicted octanol–water partition coefficient (Wildman–Crippen LogP) is 4.44. The van der Waals surface area contributed by atoms with Gasteiger partial charge in [-0.15, -0.1) is 0 Å². The van der Waals surface area contributed by atoms with Gasteiger partial charge in [-0.2, -0.15) is 13.2 Å². The molecule has 0 aliphatic rings. The molecule has 0 aliphatic carbocycles. The first kappa shape index (κ1) is 19.6. The zero-order valence-corrected chi connectivity index (χ0v) is 14.9. The van der Waals surface area contributed by atoms with Crippen molar-refractivity contribution in [3.8, 4) is 11.6 Å². The Morgan fingerprint density at radius 1 is 1.04 bits per heavy atom. The van der Waals surface area contributed by atoms with E-state index in [0.29, 0.717) is 30.2 Å². The molecule has 0 radical (unpaired) electrons. The topological polar surface area (TPSA) is 69.2 Å². The second-order valence-corrected chi connectivity index (χ2v) is 5.78. The van der Waals surface area contributed by atoms with E-state index in [4.69, 9.17) is 9.47 Å². The third kappa shape index (κ3) is 5.17. The number of benzene rings is 1. The summed E-state index contributed by atoms with van der Waals surface area (Å²) >= 11 is 0. The number of methoxy groups -OCH3 is 1. The van der Waals surface area contributed by atoms with E-state index in [-0.39, 0.29) is 11.6 Å². The van der Waals surface area contributed by atoms with Crippen LogP contribution in [-0.2, 0) is 24.1 Å². The van der Waals surface area contributed by atoms with Crippen LogP contribution in [0.1, 0.15) is 16.8 Å². The van der Waals surface area contributed by atoms with Gasteiger partial charge >= 0.3 is 6.18 Å². The lowest BCUT2D eigenvalue weighted by atomic mass is 10.2. The summed E-state index contributed by atoms with van der Waals surface area (Å²) in [4.78, 5) is 12.3. The molecule has 2 heterocycles. The van der Waals surface area contributed by atoms with Gasteiger partial charge in [-0.25, -0.2) is 15.0 Å². The third-order valence-corrected chi connectivity index (χ3v) is 3.70. The molecule has 1 N–H and O–H groups in total. The van der Waals surface area contributed by atoms with E-state index in [0.717, 1.165) is 12.1 Å². The lowest BCUT2D eigenvalue weighted by Gasteiger charge is -2.13. The summed E-state index contributed by atoms with van der Waals surface area (Å²) in [5.41, 5.74) is 0.589. The van der Waals surface area contributed by atoms with Crippen LogP contribution in [0.4, 0.5) is 19.0 Å². The monoisotopic (exact) mass is 390 g/mol. The van der Waals surface area contributed by atoms with Gasteiger partial charge in [0.25, 0.3) is 0 Å². The Morgan fingerprint density at radius 2 is 1.89 bits per heavy atom. The van der Waals surface area contributed by atoms with Gasteiger partial charge in [0, 0.05) is 31.5 Å². The number of hydrogen-bond donors (Lipinski definition) is 1. The Hall–Kier alpha value is -3.20. The molecule has 0 saturated carbocycles. The molecule has 9 heteroatoms. The van der Waals surface area contributed by atoms with Crippen LogP contribution in [0.3, 0.4) is 0 Å². The molecule has 0 aliphatic heterocycles. The quantitative estimate of drug-likeness (QED) is 0.643. The lowest BCUT2D eigenvalue weighted by Crippen LogP contribution is -2.06. The molecule has 0 bridgehead atoms. The van der Waals surface area contributed by atoms with Crippen LogP contribution in [-0.4, -0.2) is 22.1 Å². The van der Waals surface area contributed by atoms with Gasteiger partial charge < -0.3 is 14.8 Å². The molecule has 2 aromatic heterocycles. The van der Waals surface area contributed by atoms with Crippen molar-refractivity contribution in [2.24, 2.45) is 0 Å². The molecule has 0 unspecified atom stereocenters. The maximum absolute atomic E-state index is 12.9. The van der Waals surface area contributed by atoms with Crippen molar-refractivity contribution < 1.29 is 22.6 Å². The molecule has 3 aromatic rings. The highest BCUT2D eigenvalue weighted by Gasteiger charge is 2.30. The highest BCUT2D eigenvalue weighted by atomic mass is 19.4. The number of pyridine rings is 1. The zero-order valence-electron chi connectivity index (χ0n) is 14.9. The smallest absolute Gasteiger partial charge is 0.416 e. The largest absolute Gasteiger partial charge is 0.439 e. The van der Waals surface area contributed by atoms with Crippen molar-refractivity contribution in [2.45, 2.75) is 19.3 Å². The molecule has 0 saturated heterocycles. The number of halogens is 3. The van der Waals surface area contributed by atoms with E-state index < -0.39 is 11.7 Å². The van der Waals surface area contributed by atoms with E-state index in [2.05, 4.69) is 20.3 Å². The predicted molar refractivity (Wildman–Crippen MR) is 95.8 cm³/mol. The molecule has 0 amide bonds. The molecule has 0 fully saturated rings. The first-order valence-electron chi connectivity index (χ1n) is 8.28. The number of alkyl halides is 3. The van der Waals surface area contributed by atoms with Gasteiger partial charge in [0.1, 0.15) is 17.9 Å². The highest BCUT2D eigenvalue weighted by Crippen LogP contribution is 2.33. The van der Waals surface area contributed by atoms with Crippen LogP contribution in [0.25, 0.3) is 0 Å². The second kappa shape index (κ2) is 8.66. The number of anilines is 1. The van der Waals surface area contributed by atoms with E-state index in [1.807, 2.05) is 0 Å². The minimum Gasteiger partial charge on any atom is -0.439 e. The summed E-state index contributed by atoms with van der Waals surface area (Å²) in [6, 6.07) is 9.88. The molecule has 6 nitrogen and oxygen atoms in total. The standard InChI is InChI=1S/C19H17F3N4O2/c1-27-11-15-9-17(26-12-25-15)24-10-13-4-3-7-23-18(13)28-16-6-2-5-14(8-16)19(20,21)22/h2-9,12H,10-11H2,1H3,(H,24,25,26). The second-order valence-electron chi connectivity index (χ2n) is 5.78. The summed E-state index contributed by atoms with van der Waals surface area (Å²) in [6.07, 6.45) is -1.52. The number of rotatable bonds is 7. The Kier molecular flexibility index (Phi) is 6.05. The number of hydrogen-bond acceptors (Lipinski definition) is 6. The number of aromatic nitrogens is 3. The fourth-order valence-corrected chi connectivity index (χ4v) is 2.40. The molecule has 28 heavy (non-hydrogen) atoms. The van der Waals surface area contributed by atoms with Gasteiger partial charge in [0.2, 0.25) is 5.88 Å². The van der Waals surface area contributed by atoms with Crippen LogP contribution in [0.2, 0.25) is 0 Å². The minimum absolute atomic E-state index is 0.0548. The van der Waals surface area contributed by atoms with Gasteiger partial charge in [-0.3, -0.25) is 0 Å². The molecular weight excluding hydrogens is 373 g/mol. The number of ether oxygens (including phenoxy) is 2. The molecule has 0 spiro atoms. The fourth-order valence-electron chi connectivity index (χ4n) is 2.40. The lowest BCUT2D eigenvalue weighted by molar-refractivity contribution is -0.137. The van der Waals surface area contributed by atoms with Crippen molar-refractivity contribution in [3.05, 3.63) is 71.8 Å². The Bertz CT molecular complexity index is 935. The van der Waals surface area contributed by atoms with E-state index in [1.165, 1.54) is 24.7 Å². The third-order valence-electron chi connectivity index (χ3n) is 3.70. The Balaban J connectivity index is 1.74. The summed E-state index contributed by atoms with van der Waals surface area (Å²) < 4.78 is 49.3. The Labute approximate surface area is 159 Å². The van der Waals surface area contributed by atoms with Crippen LogP contribution in [0.15, 0.2) is 55.0 Å². The first-order valence-corrected chi connectivity index (χ1v) is 8.28. The van der Waals surface area contributed by atoms with Crippen LogP contribution < -0.4 is 10.1 Å². The summed E-state index contributed by atoms with van der Waals surface area (Å²) in [6.45, 7) is 0.666. The molecule has 1 aromatic carbocycles. The van der Waals surface area contributed by atoms with Crippen molar-refractivity contribution in [3.63, 3.8) is 0 Å². The summed E-state index contributed by atoms with van der Waals surface area (Å²) in [7, 11) is 1.57. The van der Waals surface area contributed by atoms with E-state index >= 15 is 0 Å². The molecule has 3 rings (SSSR count). The number of nitrogens with zero attached hydrogens (tertiary/aromatic N) is 3. The van der Waals surface area contributed by atoms with Gasteiger partial charge in [0.15, 0.2) is 0 Å². The maximum Gasteiger partial charge on any atom is 0.416 e. The molecule has 0 atom stereocenters. The number of nitrogens with one attached hydrogen (secondary N) is 1. The van der Waals surface area contributed by atoms with Crippen molar-refractivity contribution in [1.82, 2.24) is 15.0 Å². The van der Waals surface area contributed by atoms with Crippen LogP contribution in [0, 0.1) is 0 Å². The van der Waals surface area contributed by atoms with Crippen molar-refractivity contribution in [1.29, 1.82) is 0 Å². The van der Waals surface area contributed by atoms with Gasteiger partial charge in [-0.1, -0.05) is 12.1 Å². The fraction of sp³-hybridized carbons (Fsp3) is 0.211. The van der Waals surface area contributed by atoms with Crippen LogP contribution in [0.5, 0.6) is 11.6 Å². The molecular formula is C19H17F3N4O2. The summed E-state index contributed by atoms with van der Waals surface area (Å²) in [5, 5.41) is 3.11. The van der Waals surface area contributed by atoms with E-state index in [1.54, 1.807) is 25.3 Å². The van der Waals surface area contributed by atoms with Gasteiger partial charge in [0.05, 0.1) is 17.9 Å². The van der Waals surface area contributed by atoms with Crippen molar-refractivity contribution >= 4 is 5.82 Å². The van der Waals surface area contributed by atoms with E-state index in [9.17, 15) is 13.2 Å². The highest BCUT2D eigenvalue weighted by molar-refractivity contribution is 5.40. The molecule has 146 valence electrons. The average molecular weight is 390 g/mol. The van der Waals surface area contributed by atoms with Crippen molar-refractivity contribution in [2.75, 3.05) is 12.4 Å². The van der Waals surface area contributed by atoms with Crippen LogP contribution >= 0.6 is 0 Å².